The molecule has 0 aromatic heterocycles. The molecular formula is C12H16N2O2S2. The summed E-state index contributed by atoms with van der Waals surface area (Å²) in [5.74, 6) is 0.304. The lowest BCUT2D eigenvalue weighted by Crippen LogP contribution is -2.36. The third-order valence-electron chi connectivity index (χ3n) is 2.98. The van der Waals surface area contributed by atoms with Crippen LogP contribution in [0.15, 0.2) is 30.3 Å². The Kier molecular flexibility index (Phi) is 4.19. The summed E-state index contributed by atoms with van der Waals surface area (Å²) in [7, 11) is -2.91. The molecule has 0 saturated carbocycles. The van der Waals surface area contributed by atoms with Gasteiger partial charge in [-0.1, -0.05) is 18.2 Å². The molecule has 0 amide bonds. The molecule has 0 spiro atoms. The van der Waals surface area contributed by atoms with Gasteiger partial charge in [-0.2, -0.15) is 0 Å². The topological polar surface area (TPSA) is 58.2 Å². The third kappa shape index (κ3) is 3.43. The first-order chi connectivity index (χ1) is 8.58. The molecule has 1 atom stereocenters. The van der Waals surface area contributed by atoms with E-state index in [-0.39, 0.29) is 5.25 Å². The van der Waals surface area contributed by atoms with Crippen LogP contribution in [0.2, 0.25) is 0 Å². The van der Waals surface area contributed by atoms with Gasteiger partial charge in [0.05, 0.1) is 11.0 Å². The Morgan fingerprint density at radius 1 is 1.33 bits per heavy atom. The van der Waals surface area contributed by atoms with Crippen molar-refractivity contribution in [2.24, 2.45) is 0 Å². The number of rotatable bonds is 3. The highest BCUT2D eigenvalue weighted by atomic mass is 32.2. The highest BCUT2D eigenvalue weighted by molar-refractivity contribution is 7.92. The van der Waals surface area contributed by atoms with E-state index in [1.165, 1.54) is 0 Å². The van der Waals surface area contributed by atoms with Gasteiger partial charge in [0.1, 0.15) is 0 Å². The fourth-order valence-electron chi connectivity index (χ4n) is 1.99. The molecule has 1 aromatic carbocycles. The van der Waals surface area contributed by atoms with Crippen molar-refractivity contribution in [2.75, 3.05) is 17.6 Å². The maximum atomic E-state index is 11.6. The molecule has 4 nitrogen and oxygen atoms in total. The standard InChI is InChI=1S/C12H16N2O2S2/c15-18(16)8-4-7-11(18)9-13-12(17)14-10-5-2-1-3-6-10/h1-3,5-6,11H,4,7-9H2,(H2,13,14,17). The summed E-state index contributed by atoms with van der Waals surface area (Å²) in [6, 6.07) is 9.55. The van der Waals surface area contributed by atoms with Gasteiger partial charge in [0, 0.05) is 12.2 Å². The van der Waals surface area contributed by atoms with Gasteiger partial charge >= 0.3 is 0 Å². The normalized spacial score (nSPS) is 21.4. The second kappa shape index (κ2) is 5.67. The van der Waals surface area contributed by atoms with Crippen LogP contribution in [0.4, 0.5) is 5.69 Å². The molecule has 1 heterocycles. The van der Waals surface area contributed by atoms with Crippen LogP contribution in [0.1, 0.15) is 12.8 Å². The van der Waals surface area contributed by atoms with Gasteiger partial charge in [0.25, 0.3) is 0 Å². The second-order valence-electron chi connectivity index (χ2n) is 4.33. The lowest BCUT2D eigenvalue weighted by molar-refractivity contribution is 0.587. The van der Waals surface area contributed by atoms with Gasteiger partial charge in [0.2, 0.25) is 0 Å². The van der Waals surface area contributed by atoms with Crippen molar-refractivity contribution in [1.29, 1.82) is 0 Å². The molecule has 1 saturated heterocycles. The molecule has 6 heteroatoms. The number of nitrogens with one attached hydrogen (secondary N) is 2. The van der Waals surface area contributed by atoms with E-state index in [0.29, 0.717) is 17.4 Å². The molecule has 0 radical (unpaired) electrons. The molecule has 0 aliphatic carbocycles. The molecule has 98 valence electrons. The van der Waals surface area contributed by atoms with E-state index in [9.17, 15) is 8.42 Å². The highest BCUT2D eigenvalue weighted by Crippen LogP contribution is 2.19. The molecule has 1 aromatic rings. The zero-order valence-electron chi connectivity index (χ0n) is 9.93. The molecule has 1 aliphatic heterocycles. The summed E-state index contributed by atoms with van der Waals surface area (Å²) in [6.45, 7) is 0.390. The van der Waals surface area contributed by atoms with Gasteiger partial charge in [-0.05, 0) is 37.2 Å². The molecule has 2 N–H and O–H groups in total. The number of hydrogen-bond acceptors (Lipinski definition) is 3. The monoisotopic (exact) mass is 284 g/mol. The van der Waals surface area contributed by atoms with Crippen LogP contribution < -0.4 is 10.6 Å². The van der Waals surface area contributed by atoms with Gasteiger partial charge in [-0.15, -0.1) is 0 Å². The summed E-state index contributed by atoms with van der Waals surface area (Å²) < 4.78 is 23.3. The predicted molar refractivity (Wildman–Crippen MR) is 77.5 cm³/mol. The summed E-state index contributed by atoms with van der Waals surface area (Å²) in [4.78, 5) is 0. The minimum Gasteiger partial charge on any atom is -0.361 e. The van der Waals surface area contributed by atoms with Crippen LogP contribution in [0.5, 0.6) is 0 Å². The minimum absolute atomic E-state index is 0.298. The van der Waals surface area contributed by atoms with E-state index in [4.69, 9.17) is 12.2 Å². The zero-order valence-corrected chi connectivity index (χ0v) is 11.6. The first-order valence-corrected chi connectivity index (χ1v) is 8.02. The summed E-state index contributed by atoms with van der Waals surface area (Å²) in [6.07, 6.45) is 1.48. The Balaban J connectivity index is 1.82. The molecular weight excluding hydrogens is 268 g/mol. The fraction of sp³-hybridized carbons (Fsp3) is 0.417. The van der Waals surface area contributed by atoms with Gasteiger partial charge in [-0.25, -0.2) is 8.42 Å². The zero-order chi connectivity index (χ0) is 13.0. The number of hydrogen-bond donors (Lipinski definition) is 2. The number of para-hydroxylation sites is 1. The molecule has 1 aliphatic rings. The van der Waals surface area contributed by atoms with Crippen LogP contribution in [-0.2, 0) is 9.84 Å². The van der Waals surface area contributed by atoms with Crippen molar-refractivity contribution in [3.05, 3.63) is 30.3 Å². The lowest BCUT2D eigenvalue weighted by atomic mass is 10.2. The average Bonchev–Trinajstić information content (AvgIpc) is 2.67. The maximum Gasteiger partial charge on any atom is 0.170 e. The smallest absolute Gasteiger partial charge is 0.170 e. The van der Waals surface area contributed by atoms with Gasteiger partial charge < -0.3 is 10.6 Å². The van der Waals surface area contributed by atoms with Crippen LogP contribution >= 0.6 is 12.2 Å². The fourth-order valence-corrected chi connectivity index (χ4v) is 3.96. The predicted octanol–water partition coefficient (Wildman–Crippen LogP) is 1.55. The van der Waals surface area contributed by atoms with E-state index in [1.54, 1.807) is 0 Å². The van der Waals surface area contributed by atoms with Crippen LogP contribution in [0.3, 0.4) is 0 Å². The second-order valence-corrected chi connectivity index (χ2v) is 7.14. The van der Waals surface area contributed by atoms with Crippen molar-refractivity contribution >= 4 is 32.9 Å². The molecule has 2 rings (SSSR count). The Morgan fingerprint density at radius 2 is 2.06 bits per heavy atom. The number of benzene rings is 1. The summed E-state index contributed by atoms with van der Waals surface area (Å²) in [5, 5.41) is 6.15. The molecule has 1 fully saturated rings. The third-order valence-corrected chi connectivity index (χ3v) is 5.51. The van der Waals surface area contributed by atoms with Crippen molar-refractivity contribution in [2.45, 2.75) is 18.1 Å². The van der Waals surface area contributed by atoms with E-state index >= 15 is 0 Å². The lowest BCUT2D eigenvalue weighted by Gasteiger charge is -2.13. The quantitative estimate of drug-likeness (QED) is 0.825. The van der Waals surface area contributed by atoms with Crippen LogP contribution in [-0.4, -0.2) is 31.1 Å². The average molecular weight is 284 g/mol. The SMILES string of the molecule is O=S1(=O)CCCC1CNC(=S)Nc1ccccc1. The van der Waals surface area contributed by atoms with E-state index in [1.807, 2.05) is 30.3 Å². The van der Waals surface area contributed by atoms with Crippen molar-refractivity contribution in [3.8, 4) is 0 Å². The van der Waals surface area contributed by atoms with Gasteiger partial charge in [0.15, 0.2) is 14.9 Å². The van der Waals surface area contributed by atoms with Crippen molar-refractivity contribution in [1.82, 2.24) is 5.32 Å². The molecule has 1 unspecified atom stereocenters. The molecule has 18 heavy (non-hydrogen) atoms. The maximum absolute atomic E-state index is 11.6. The Labute approximate surface area is 113 Å². The summed E-state index contributed by atoms with van der Waals surface area (Å²) >= 11 is 5.13. The Morgan fingerprint density at radius 3 is 2.67 bits per heavy atom. The van der Waals surface area contributed by atoms with Crippen LogP contribution in [0, 0.1) is 0 Å². The minimum atomic E-state index is -2.91. The van der Waals surface area contributed by atoms with E-state index < -0.39 is 9.84 Å². The number of anilines is 1. The van der Waals surface area contributed by atoms with Crippen molar-refractivity contribution in [3.63, 3.8) is 0 Å². The largest absolute Gasteiger partial charge is 0.361 e. The number of sulfone groups is 1. The van der Waals surface area contributed by atoms with Gasteiger partial charge in [-0.3, -0.25) is 0 Å². The highest BCUT2D eigenvalue weighted by Gasteiger charge is 2.30. The van der Waals surface area contributed by atoms with Crippen LogP contribution in [0.25, 0.3) is 0 Å². The first kappa shape index (κ1) is 13.3. The number of thiocarbonyl (C=S) groups is 1. The van der Waals surface area contributed by atoms with Crippen molar-refractivity contribution < 1.29 is 8.42 Å². The first-order valence-electron chi connectivity index (χ1n) is 5.89. The Hall–Kier alpha value is -1.14. The van der Waals surface area contributed by atoms with E-state index in [0.717, 1.165) is 18.5 Å². The Bertz CT molecular complexity index is 514. The summed E-state index contributed by atoms with van der Waals surface area (Å²) in [5.41, 5.74) is 0.893. The van der Waals surface area contributed by atoms with E-state index in [2.05, 4.69) is 10.6 Å². The molecule has 0 bridgehead atoms.